The Bertz CT molecular complexity index is 1370. The van der Waals surface area contributed by atoms with Crippen molar-refractivity contribution in [1.82, 2.24) is 9.47 Å². The zero-order valence-corrected chi connectivity index (χ0v) is 21.3. The van der Waals surface area contributed by atoms with E-state index in [-0.39, 0.29) is 35.7 Å². The van der Waals surface area contributed by atoms with Gasteiger partial charge in [0.05, 0.1) is 14.2 Å². The summed E-state index contributed by atoms with van der Waals surface area (Å²) in [5, 5.41) is 5.62. The van der Waals surface area contributed by atoms with Gasteiger partial charge in [-0.1, -0.05) is 18.2 Å². The molecule has 2 bridgehead atoms. The molecule has 0 radical (unpaired) electrons. The largest absolute Gasteiger partial charge is 0.497 e. The Morgan fingerprint density at radius 2 is 1.63 bits per heavy atom. The van der Waals surface area contributed by atoms with Crippen LogP contribution < -0.4 is 30.4 Å². The molecule has 3 heterocycles. The molecule has 1 saturated heterocycles. The SMILES string of the molecule is COc1cc(NC(=O)N2CC3CC(C2)c2ccc(NC(=O)COc4ccccc4)c(=O)n2C3)cc(OC)c1. The maximum absolute atomic E-state index is 13.2. The average molecular weight is 519 g/mol. The van der Waals surface area contributed by atoms with Gasteiger partial charge in [-0.05, 0) is 36.6 Å². The molecule has 198 valence electrons. The van der Waals surface area contributed by atoms with Gasteiger partial charge in [-0.15, -0.1) is 0 Å². The van der Waals surface area contributed by atoms with Gasteiger partial charge in [0, 0.05) is 55.1 Å². The zero-order chi connectivity index (χ0) is 26.6. The molecule has 0 spiro atoms. The molecular formula is C28H30N4O6. The summed E-state index contributed by atoms with van der Waals surface area (Å²) in [5.41, 5.74) is 1.42. The van der Waals surface area contributed by atoms with Crippen LogP contribution in [0, 0.1) is 5.92 Å². The molecule has 3 amide bonds. The first kappa shape index (κ1) is 25.2. The lowest BCUT2D eigenvalue weighted by Crippen LogP contribution is -2.50. The van der Waals surface area contributed by atoms with E-state index in [2.05, 4.69) is 10.6 Å². The lowest BCUT2D eigenvalue weighted by Gasteiger charge is -2.42. The van der Waals surface area contributed by atoms with Crippen LogP contribution >= 0.6 is 0 Å². The van der Waals surface area contributed by atoms with E-state index >= 15 is 0 Å². The fraction of sp³-hybridized carbons (Fsp3) is 0.321. The van der Waals surface area contributed by atoms with Gasteiger partial charge in [0.15, 0.2) is 6.61 Å². The Morgan fingerprint density at radius 1 is 0.895 bits per heavy atom. The minimum atomic E-state index is -0.403. The Morgan fingerprint density at radius 3 is 2.34 bits per heavy atom. The van der Waals surface area contributed by atoms with Crippen molar-refractivity contribution < 1.29 is 23.8 Å². The number of piperidine rings is 1. The van der Waals surface area contributed by atoms with Gasteiger partial charge in [-0.25, -0.2) is 4.79 Å². The summed E-state index contributed by atoms with van der Waals surface area (Å²) in [5.74, 6) is 1.48. The van der Waals surface area contributed by atoms with Crippen LogP contribution in [0.5, 0.6) is 17.2 Å². The predicted octanol–water partition coefficient (Wildman–Crippen LogP) is 3.53. The summed E-state index contributed by atoms with van der Waals surface area (Å²) in [6, 6.07) is 17.5. The van der Waals surface area contributed by atoms with E-state index in [0.29, 0.717) is 42.6 Å². The van der Waals surface area contributed by atoms with Crippen LogP contribution in [-0.2, 0) is 11.3 Å². The van der Waals surface area contributed by atoms with Gasteiger partial charge in [0.25, 0.3) is 11.5 Å². The van der Waals surface area contributed by atoms with Crippen molar-refractivity contribution in [3.63, 3.8) is 0 Å². The molecule has 10 nitrogen and oxygen atoms in total. The van der Waals surface area contributed by atoms with E-state index in [9.17, 15) is 14.4 Å². The molecule has 1 fully saturated rings. The Labute approximate surface area is 220 Å². The summed E-state index contributed by atoms with van der Waals surface area (Å²) < 4.78 is 17.8. The summed E-state index contributed by atoms with van der Waals surface area (Å²) in [6.45, 7) is 1.29. The lowest BCUT2D eigenvalue weighted by molar-refractivity contribution is -0.118. The highest BCUT2D eigenvalue weighted by Crippen LogP contribution is 2.36. The minimum absolute atomic E-state index is 0.0203. The highest BCUT2D eigenvalue weighted by molar-refractivity contribution is 5.92. The maximum Gasteiger partial charge on any atom is 0.321 e. The smallest absolute Gasteiger partial charge is 0.321 e. The molecule has 2 aliphatic rings. The number of nitrogens with one attached hydrogen (secondary N) is 2. The van der Waals surface area contributed by atoms with E-state index in [1.165, 1.54) is 0 Å². The van der Waals surface area contributed by atoms with Gasteiger partial charge in [-0.2, -0.15) is 0 Å². The number of hydrogen-bond donors (Lipinski definition) is 2. The van der Waals surface area contributed by atoms with Crippen molar-refractivity contribution in [1.29, 1.82) is 0 Å². The molecular weight excluding hydrogens is 488 g/mol. The first-order valence-electron chi connectivity index (χ1n) is 12.4. The number of hydrogen-bond acceptors (Lipinski definition) is 6. The van der Waals surface area contributed by atoms with Gasteiger partial charge >= 0.3 is 6.03 Å². The van der Waals surface area contributed by atoms with Gasteiger partial charge in [0.1, 0.15) is 22.9 Å². The van der Waals surface area contributed by atoms with Crippen molar-refractivity contribution in [2.75, 3.05) is 44.5 Å². The zero-order valence-electron chi connectivity index (χ0n) is 21.3. The average Bonchev–Trinajstić information content (AvgIpc) is 2.94. The quantitative estimate of drug-likeness (QED) is 0.495. The number of likely N-dealkylation sites (tertiary alicyclic amines) is 1. The number of amides is 3. The van der Waals surface area contributed by atoms with Crippen molar-refractivity contribution in [2.45, 2.75) is 18.9 Å². The number of pyridine rings is 1. The molecule has 3 aromatic rings. The van der Waals surface area contributed by atoms with Crippen molar-refractivity contribution in [2.24, 2.45) is 5.92 Å². The highest BCUT2D eigenvalue weighted by atomic mass is 16.5. The molecule has 2 atom stereocenters. The molecule has 2 aromatic carbocycles. The number of rotatable bonds is 7. The van der Waals surface area contributed by atoms with Gasteiger partial charge in [0.2, 0.25) is 0 Å². The van der Waals surface area contributed by atoms with Crippen LogP contribution in [0.15, 0.2) is 65.5 Å². The van der Waals surface area contributed by atoms with Crippen LogP contribution in [0.25, 0.3) is 0 Å². The Kier molecular flexibility index (Phi) is 7.21. The number of carbonyl (C=O) groups excluding carboxylic acids is 2. The third kappa shape index (κ3) is 5.44. The molecule has 1 aromatic heterocycles. The topological polar surface area (TPSA) is 111 Å². The molecule has 38 heavy (non-hydrogen) atoms. The molecule has 0 aliphatic carbocycles. The third-order valence-electron chi connectivity index (χ3n) is 6.88. The highest BCUT2D eigenvalue weighted by Gasteiger charge is 2.37. The van der Waals surface area contributed by atoms with Crippen LogP contribution in [0.3, 0.4) is 0 Å². The Hall–Kier alpha value is -4.47. The van der Waals surface area contributed by atoms with Gasteiger partial charge in [-0.3, -0.25) is 9.59 Å². The monoisotopic (exact) mass is 518 g/mol. The molecule has 2 unspecified atom stereocenters. The first-order valence-corrected chi connectivity index (χ1v) is 12.4. The number of fused-ring (bicyclic) bond motifs is 4. The number of urea groups is 1. The maximum atomic E-state index is 13.2. The molecule has 2 N–H and O–H groups in total. The fourth-order valence-corrected chi connectivity index (χ4v) is 5.14. The summed E-state index contributed by atoms with van der Waals surface area (Å²) in [4.78, 5) is 40.5. The first-order chi connectivity index (χ1) is 18.4. The number of carbonyl (C=O) groups is 2. The van der Waals surface area contributed by atoms with Crippen molar-refractivity contribution >= 4 is 23.3 Å². The number of anilines is 2. The molecule has 5 rings (SSSR count). The number of nitrogens with zero attached hydrogens (tertiary/aromatic N) is 2. The molecule has 0 saturated carbocycles. The Balaban J connectivity index is 1.25. The van der Waals surface area contributed by atoms with Crippen LogP contribution in [0.4, 0.5) is 16.2 Å². The predicted molar refractivity (Wildman–Crippen MR) is 142 cm³/mol. The van der Waals surface area contributed by atoms with E-state index in [1.54, 1.807) is 60.1 Å². The number of benzene rings is 2. The third-order valence-corrected chi connectivity index (χ3v) is 6.88. The summed E-state index contributed by atoms with van der Waals surface area (Å²) >= 11 is 0. The molecule has 2 aliphatic heterocycles. The van der Waals surface area contributed by atoms with E-state index in [0.717, 1.165) is 12.1 Å². The second-order valence-corrected chi connectivity index (χ2v) is 9.47. The van der Waals surface area contributed by atoms with Crippen LogP contribution in [-0.4, -0.2) is 55.3 Å². The van der Waals surface area contributed by atoms with E-state index in [1.807, 2.05) is 24.3 Å². The second kappa shape index (κ2) is 10.9. The number of aromatic nitrogens is 1. The molecule has 10 heteroatoms. The van der Waals surface area contributed by atoms with E-state index in [4.69, 9.17) is 14.2 Å². The minimum Gasteiger partial charge on any atom is -0.497 e. The van der Waals surface area contributed by atoms with E-state index < -0.39 is 5.91 Å². The van der Waals surface area contributed by atoms with Crippen LogP contribution in [0.1, 0.15) is 18.0 Å². The summed E-state index contributed by atoms with van der Waals surface area (Å²) in [7, 11) is 3.11. The standard InChI is InChI=1S/C28H30N4O6/c1-36-22-11-20(12-23(13-22)37-2)29-28(35)31-14-18-10-19(16-31)25-9-8-24(27(34)32(25)15-18)30-26(33)17-38-21-6-4-3-5-7-21/h3-9,11-13,18-19H,10,14-17H2,1-2H3,(H,29,35)(H,30,33). The van der Waals surface area contributed by atoms with Crippen molar-refractivity contribution in [3.8, 4) is 17.2 Å². The number of para-hydroxylation sites is 1. The second-order valence-electron chi connectivity index (χ2n) is 9.47. The van der Waals surface area contributed by atoms with Crippen molar-refractivity contribution in [3.05, 3.63) is 76.7 Å². The number of ether oxygens (including phenoxy) is 3. The number of methoxy groups -OCH3 is 2. The lowest BCUT2D eigenvalue weighted by atomic mass is 9.83. The van der Waals surface area contributed by atoms with Crippen LogP contribution in [0.2, 0.25) is 0 Å². The fourth-order valence-electron chi connectivity index (χ4n) is 5.14. The van der Waals surface area contributed by atoms with Gasteiger partial charge < -0.3 is 34.3 Å². The normalized spacial score (nSPS) is 17.7. The summed E-state index contributed by atoms with van der Waals surface area (Å²) in [6.07, 6.45) is 0.896.